The smallest absolute Gasteiger partial charge is 0.277 e. The normalized spacial score (nSPS) is 11.3. The topological polar surface area (TPSA) is 76.7 Å². The summed E-state index contributed by atoms with van der Waals surface area (Å²) in [4.78, 5) is 12.0. The number of nitrogens with zero attached hydrogens (tertiary/aromatic N) is 2. The molecule has 0 saturated carbocycles. The van der Waals surface area contributed by atoms with Gasteiger partial charge in [0, 0.05) is 6.07 Å². The number of benzene rings is 2. The highest BCUT2D eigenvalue weighted by atomic mass is 19.1. The number of amides is 1. The van der Waals surface area contributed by atoms with E-state index in [2.05, 4.69) is 15.7 Å². The highest BCUT2D eigenvalue weighted by Crippen LogP contribution is 2.30. The van der Waals surface area contributed by atoms with Crippen LogP contribution in [0.2, 0.25) is 0 Å². The molecule has 138 valence electrons. The van der Waals surface area contributed by atoms with Crippen LogP contribution >= 0.6 is 0 Å². The minimum atomic E-state index is -0.510. The molecule has 0 atom stereocenters. The number of hydrazone groups is 1. The summed E-state index contributed by atoms with van der Waals surface area (Å²) in [6, 6.07) is 11.1. The second-order valence-electron chi connectivity index (χ2n) is 5.54. The van der Waals surface area contributed by atoms with Gasteiger partial charge in [0.25, 0.3) is 5.91 Å². The van der Waals surface area contributed by atoms with Gasteiger partial charge in [0.05, 0.1) is 17.5 Å². The molecule has 0 spiro atoms. The number of carbonyl (C=O) groups is 1. The number of aromatic nitrogens is 1. The summed E-state index contributed by atoms with van der Waals surface area (Å²) in [5, 5.41) is 7.52. The van der Waals surface area contributed by atoms with Crippen molar-refractivity contribution in [1.29, 1.82) is 0 Å². The number of nitrogens with one attached hydrogen (secondary N) is 1. The van der Waals surface area contributed by atoms with Gasteiger partial charge in [0.2, 0.25) is 0 Å². The predicted molar refractivity (Wildman–Crippen MR) is 94.1 cm³/mol. The molecule has 0 saturated heterocycles. The Balaban J connectivity index is 1.63. The van der Waals surface area contributed by atoms with Crippen molar-refractivity contribution in [3.8, 4) is 17.1 Å². The van der Waals surface area contributed by atoms with Crippen molar-refractivity contribution >= 4 is 11.6 Å². The zero-order valence-corrected chi connectivity index (χ0v) is 14.3. The molecule has 1 heterocycles. The Bertz CT molecular complexity index is 955. The van der Waals surface area contributed by atoms with E-state index in [1.807, 2.05) is 0 Å². The van der Waals surface area contributed by atoms with Gasteiger partial charge >= 0.3 is 0 Å². The van der Waals surface area contributed by atoms with Crippen LogP contribution in [0.1, 0.15) is 12.5 Å². The third-order valence-electron chi connectivity index (χ3n) is 3.61. The van der Waals surface area contributed by atoms with Crippen LogP contribution in [0.4, 0.5) is 8.78 Å². The van der Waals surface area contributed by atoms with Gasteiger partial charge in [-0.25, -0.2) is 14.2 Å². The van der Waals surface area contributed by atoms with Gasteiger partial charge in [0.1, 0.15) is 17.4 Å². The van der Waals surface area contributed by atoms with Crippen molar-refractivity contribution < 1.29 is 22.8 Å². The van der Waals surface area contributed by atoms with E-state index in [0.717, 1.165) is 0 Å². The minimum absolute atomic E-state index is 0.266. The molecule has 0 fully saturated rings. The molecule has 1 aromatic heterocycles. The van der Waals surface area contributed by atoms with Gasteiger partial charge in [-0.1, -0.05) is 17.3 Å². The van der Waals surface area contributed by atoms with Crippen LogP contribution in [-0.4, -0.2) is 23.4 Å². The van der Waals surface area contributed by atoms with Crippen LogP contribution < -0.4 is 10.2 Å². The Morgan fingerprint density at radius 1 is 1.15 bits per heavy atom. The van der Waals surface area contributed by atoms with E-state index in [1.54, 1.807) is 25.1 Å². The number of hydrogen-bond donors (Lipinski definition) is 1. The first-order chi connectivity index (χ1) is 13.0. The summed E-state index contributed by atoms with van der Waals surface area (Å²) < 4.78 is 36.9. The first-order valence-corrected chi connectivity index (χ1v) is 7.95. The number of ether oxygens (including phenoxy) is 1. The van der Waals surface area contributed by atoms with Crippen molar-refractivity contribution in [3.05, 3.63) is 71.9 Å². The second kappa shape index (κ2) is 8.22. The summed E-state index contributed by atoms with van der Waals surface area (Å²) in [7, 11) is 0. The van der Waals surface area contributed by atoms with Crippen molar-refractivity contribution in [2.24, 2.45) is 5.10 Å². The lowest BCUT2D eigenvalue weighted by atomic mass is 10.1. The maximum absolute atomic E-state index is 13.5. The molecular weight excluding hydrogens is 356 g/mol. The monoisotopic (exact) mass is 371 g/mol. The maximum Gasteiger partial charge on any atom is 0.277 e. The Morgan fingerprint density at radius 3 is 2.59 bits per heavy atom. The predicted octanol–water partition coefficient (Wildman–Crippen LogP) is 3.54. The fourth-order valence-corrected chi connectivity index (χ4v) is 2.25. The zero-order chi connectivity index (χ0) is 19.2. The molecule has 0 unspecified atom stereocenters. The molecule has 0 bridgehead atoms. The fourth-order valence-electron chi connectivity index (χ4n) is 2.25. The average molecular weight is 371 g/mol. The number of hydrogen-bond acceptors (Lipinski definition) is 5. The maximum atomic E-state index is 13.5. The quantitative estimate of drug-likeness (QED) is 0.531. The zero-order valence-electron chi connectivity index (χ0n) is 14.3. The largest absolute Gasteiger partial charge is 0.483 e. The van der Waals surface area contributed by atoms with Crippen molar-refractivity contribution in [1.82, 2.24) is 10.6 Å². The summed E-state index contributed by atoms with van der Waals surface area (Å²) in [5.74, 6) is -0.759. The van der Waals surface area contributed by atoms with Gasteiger partial charge in [-0.3, -0.25) is 4.79 Å². The molecule has 8 heteroatoms. The van der Waals surface area contributed by atoms with Crippen LogP contribution in [-0.2, 0) is 4.79 Å². The third-order valence-corrected chi connectivity index (χ3v) is 3.61. The third kappa shape index (κ3) is 4.75. The van der Waals surface area contributed by atoms with Crippen LogP contribution in [0.15, 0.2) is 64.4 Å². The second-order valence-corrected chi connectivity index (χ2v) is 5.54. The molecule has 6 nitrogen and oxygen atoms in total. The Labute approximate surface area is 153 Å². The van der Waals surface area contributed by atoms with Crippen LogP contribution in [0.25, 0.3) is 11.3 Å². The van der Waals surface area contributed by atoms with Gasteiger partial charge in [-0.05, 0) is 42.8 Å². The summed E-state index contributed by atoms with van der Waals surface area (Å²) >= 11 is 0. The highest BCUT2D eigenvalue weighted by Gasteiger charge is 2.13. The van der Waals surface area contributed by atoms with Crippen molar-refractivity contribution in [2.45, 2.75) is 6.92 Å². The van der Waals surface area contributed by atoms with E-state index >= 15 is 0 Å². The van der Waals surface area contributed by atoms with E-state index in [1.165, 1.54) is 36.5 Å². The van der Waals surface area contributed by atoms with E-state index in [9.17, 15) is 13.6 Å². The fraction of sp³-hybridized carbons (Fsp3) is 0.105. The van der Waals surface area contributed by atoms with Crippen LogP contribution in [0.3, 0.4) is 0 Å². The SMILES string of the molecule is C/C(=N\NC(=O)COc1ccc(F)cc1-c1ccno1)c1ccc(F)cc1. The van der Waals surface area contributed by atoms with E-state index in [-0.39, 0.29) is 18.2 Å². The van der Waals surface area contributed by atoms with E-state index in [0.29, 0.717) is 22.6 Å². The Hall–Kier alpha value is -3.55. The molecule has 0 aliphatic carbocycles. The molecule has 27 heavy (non-hydrogen) atoms. The van der Waals surface area contributed by atoms with Crippen LogP contribution in [0.5, 0.6) is 5.75 Å². The molecule has 1 N–H and O–H groups in total. The minimum Gasteiger partial charge on any atom is -0.483 e. The molecule has 3 aromatic rings. The highest BCUT2D eigenvalue weighted by molar-refractivity contribution is 5.99. The summed E-state index contributed by atoms with van der Waals surface area (Å²) in [6.07, 6.45) is 1.42. The molecule has 0 radical (unpaired) electrons. The van der Waals surface area contributed by atoms with Crippen LogP contribution in [0, 0.1) is 11.6 Å². The number of rotatable bonds is 6. The van der Waals surface area contributed by atoms with Gasteiger partial charge < -0.3 is 9.26 Å². The number of halogens is 2. The average Bonchev–Trinajstić information content (AvgIpc) is 3.20. The summed E-state index contributed by atoms with van der Waals surface area (Å²) in [5.41, 5.74) is 3.87. The lowest BCUT2D eigenvalue weighted by Gasteiger charge is -2.09. The van der Waals surface area contributed by atoms with E-state index in [4.69, 9.17) is 9.26 Å². The summed E-state index contributed by atoms with van der Waals surface area (Å²) in [6.45, 7) is 1.34. The molecule has 0 aliphatic heterocycles. The lowest BCUT2D eigenvalue weighted by Crippen LogP contribution is -2.25. The Kier molecular flexibility index (Phi) is 5.55. The van der Waals surface area contributed by atoms with Crippen molar-refractivity contribution in [2.75, 3.05) is 6.61 Å². The molecule has 1 amide bonds. The first-order valence-electron chi connectivity index (χ1n) is 7.95. The van der Waals surface area contributed by atoms with Gasteiger partial charge in [-0.15, -0.1) is 0 Å². The van der Waals surface area contributed by atoms with E-state index < -0.39 is 11.7 Å². The molecule has 0 aliphatic rings. The first kappa shape index (κ1) is 18.2. The molecular formula is C19H15F2N3O3. The Morgan fingerprint density at radius 2 is 1.89 bits per heavy atom. The standard InChI is InChI=1S/C19H15F2N3O3/c1-12(13-2-4-14(20)5-3-13)23-24-19(25)11-26-17-7-6-15(21)10-16(17)18-8-9-22-27-18/h2-10H,11H2,1H3,(H,24,25)/b23-12+. The van der Waals surface area contributed by atoms with Crippen molar-refractivity contribution in [3.63, 3.8) is 0 Å². The molecule has 2 aromatic carbocycles. The van der Waals surface area contributed by atoms with Gasteiger partial charge in [-0.2, -0.15) is 5.10 Å². The van der Waals surface area contributed by atoms with Gasteiger partial charge in [0.15, 0.2) is 12.4 Å². The number of carbonyl (C=O) groups excluding carboxylic acids is 1. The molecule has 3 rings (SSSR count). The lowest BCUT2D eigenvalue weighted by molar-refractivity contribution is -0.123.